The Morgan fingerprint density at radius 2 is 1.95 bits per heavy atom. The van der Waals surface area contributed by atoms with E-state index < -0.39 is 5.41 Å². The monoisotopic (exact) mass is 298 g/mol. The van der Waals surface area contributed by atoms with E-state index in [0.29, 0.717) is 13.1 Å². The van der Waals surface area contributed by atoms with Crippen molar-refractivity contribution in [3.63, 3.8) is 0 Å². The molecule has 1 heterocycles. The van der Waals surface area contributed by atoms with E-state index in [0.717, 1.165) is 38.5 Å². The van der Waals surface area contributed by atoms with Crippen LogP contribution in [0.4, 0.5) is 0 Å². The lowest BCUT2D eigenvalue weighted by Gasteiger charge is -2.22. The van der Waals surface area contributed by atoms with Gasteiger partial charge in [0.1, 0.15) is 0 Å². The predicted octanol–water partition coefficient (Wildman–Crippen LogP) is 0.883. The van der Waals surface area contributed by atoms with E-state index in [1.54, 1.807) is 0 Å². The minimum absolute atomic E-state index is 0.0312. The number of hydrogen-bond acceptors (Lipinski definition) is 3. The summed E-state index contributed by atoms with van der Waals surface area (Å²) in [5.74, 6) is 0.772. The maximum atomic E-state index is 12.0. The lowest BCUT2D eigenvalue weighted by Crippen LogP contribution is -2.43. The molecule has 1 rings (SSSR count). The second kappa shape index (κ2) is 8.87. The number of nitrogens with zero attached hydrogens (tertiary/aromatic N) is 1. The zero-order valence-electron chi connectivity index (χ0n) is 13.8. The van der Waals surface area contributed by atoms with Crippen molar-refractivity contribution in [3.8, 4) is 0 Å². The summed E-state index contributed by atoms with van der Waals surface area (Å²) in [5, 5.41) is 9.34. The number of carbonyl (C=O) groups excluding carboxylic acids is 1. The molecular formula is C15H30N4O2. The molecule has 0 aliphatic carbocycles. The Morgan fingerprint density at radius 1 is 1.24 bits per heavy atom. The molecule has 6 heteroatoms. The van der Waals surface area contributed by atoms with Gasteiger partial charge in [-0.15, -0.1) is 0 Å². The number of rotatable bonds is 7. The summed E-state index contributed by atoms with van der Waals surface area (Å²) in [6, 6.07) is 0. The molecule has 0 aromatic heterocycles. The smallest absolute Gasteiger partial charge is 0.227 e. The summed E-state index contributed by atoms with van der Waals surface area (Å²) >= 11 is 0. The molecule has 122 valence electrons. The van der Waals surface area contributed by atoms with Crippen LogP contribution in [0.25, 0.3) is 0 Å². The molecule has 0 saturated carbocycles. The zero-order valence-corrected chi connectivity index (χ0v) is 13.8. The maximum absolute atomic E-state index is 12.0. The fourth-order valence-electron chi connectivity index (χ4n) is 2.11. The first kappa shape index (κ1) is 17.8. The highest BCUT2D eigenvalue weighted by atomic mass is 16.5. The summed E-state index contributed by atoms with van der Waals surface area (Å²) in [5.41, 5.74) is -0.512. The van der Waals surface area contributed by atoms with Gasteiger partial charge in [0.05, 0.1) is 18.1 Å². The average molecular weight is 298 g/mol. The van der Waals surface area contributed by atoms with Crippen LogP contribution in [-0.4, -0.2) is 50.8 Å². The van der Waals surface area contributed by atoms with Gasteiger partial charge in [-0.1, -0.05) is 0 Å². The van der Waals surface area contributed by atoms with Crippen molar-refractivity contribution in [2.45, 2.75) is 46.6 Å². The number of carbonyl (C=O) groups is 1. The van der Waals surface area contributed by atoms with E-state index in [-0.39, 0.29) is 12.0 Å². The quantitative estimate of drug-likeness (QED) is 0.482. The Bertz CT molecular complexity index is 350. The third kappa shape index (κ3) is 6.33. The fraction of sp³-hybridized carbons (Fsp3) is 0.867. The van der Waals surface area contributed by atoms with Crippen molar-refractivity contribution in [2.75, 3.05) is 32.8 Å². The number of aliphatic imine (C=N–C) groups is 1. The maximum Gasteiger partial charge on any atom is 0.227 e. The molecule has 6 nitrogen and oxygen atoms in total. The van der Waals surface area contributed by atoms with Gasteiger partial charge >= 0.3 is 0 Å². The number of ether oxygens (including phenoxy) is 1. The number of guanidine groups is 1. The molecule has 1 aliphatic rings. The van der Waals surface area contributed by atoms with Crippen LogP contribution >= 0.6 is 0 Å². The second-order valence-electron chi connectivity index (χ2n) is 5.95. The first-order valence-corrected chi connectivity index (χ1v) is 7.91. The highest BCUT2D eigenvalue weighted by Gasteiger charge is 2.27. The average Bonchev–Trinajstić information content (AvgIpc) is 2.95. The van der Waals surface area contributed by atoms with Gasteiger partial charge in [0.2, 0.25) is 5.91 Å². The molecule has 21 heavy (non-hydrogen) atoms. The summed E-state index contributed by atoms with van der Waals surface area (Å²) < 4.78 is 5.59. The van der Waals surface area contributed by atoms with Gasteiger partial charge in [0.15, 0.2) is 5.96 Å². The van der Waals surface area contributed by atoms with E-state index >= 15 is 0 Å². The Labute approximate surface area is 128 Å². The molecule has 1 fully saturated rings. The van der Waals surface area contributed by atoms with Crippen molar-refractivity contribution >= 4 is 11.9 Å². The van der Waals surface area contributed by atoms with E-state index in [1.165, 1.54) is 0 Å². The summed E-state index contributed by atoms with van der Waals surface area (Å²) in [7, 11) is 0. The van der Waals surface area contributed by atoms with Gasteiger partial charge in [-0.05, 0) is 40.5 Å². The Morgan fingerprint density at radius 3 is 2.52 bits per heavy atom. The van der Waals surface area contributed by atoms with Crippen molar-refractivity contribution in [1.29, 1.82) is 0 Å². The van der Waals surface area contributed by atoms with Crippen LogP contribution in [0.15, 0.2) is 4.99 Å². The minimum atomic E-state index is -0.512. The highest BCUT2D eigenvalue weighted by Crippen LogP contribution is 2.15. The topological polar surface area (TPSA) is 74.8 Å². The van der Waals surface area contributed by atoms with Crippen LogP contribution in [0.1, 0.15) is 40.5 Å². The normalized spacial score (nSPS) is 19.4. The van der Waals surface area contributed by atoms with Crippen LogP contribution in [0, 0.1) is 5.41 Å². The molecule has 0 spiro atoms. The lowest BCUT2D eigenvalue weighted by atomic mass is 9.92. The van der Waals surface area contributed by atoms with Crippen molar-refractivity contribution in [3.05, 3.63) is 0 Å². The molecule has 1 aliphatic heterocycles. The first-order chi connectivity index (χ1) is 9.99. The SMILES string of the molecule is CCNC(=O)C(C)(C)CN=C(NCC)NCC1CCCO1. The Balaban J connectivity index is 2.51. The standard InChI is InChI=1S/C15H30N4O2/c1-5-16-13(20)15(3,4)11-19-14(17-6-2)18-10-12-8-7-9-21-12/h12H,5-11H2,1-4H3,(H,16,20)(H2,17,18,19). The molecule has 1 amide bonds. The predicted molar refractivity (Wildman–Crippen MR) is 85.4 cm³/mol. The summed E-state index contributed by atoms with van der Waals surface area (Å²) in [6.45, 7) is 11.2. The van der Waals surface area contributed by atoms with Crippen LogP contribution < -0.4 is 16.0 Å². The Hall–Kier alpha value is -1.30. The van der Waals surface area contributed by atoms with Gasteiger partial charge in [-0.25, -0.2) is 0 Å². The van der Waals surface area contributed by atoms with Gasteiger partial charge in [-0.3, -0.25) is 9.79 Å². The first-order valence-electron chi connectivity index (χ1n) is 7.91. The molecule has 1 saturated heterocycles. The van der Waals surface area contributed by atoms with Crippen LogP contribution in [0.2, 0.25) is 0 Å². The van der Waals surface area contributed by atoms with Crippen molar-refractivity contribution in [1.82, 2.24) is 16.0 Å². The van der Waals surface area contributed by atoms with Crippen LogP contribution in [0.5, 0.6) is 0 Å². The minimum Gasteiger partial charge on any atom is -0.376 e. The molecule has 3 N–H and O–H groups in total. The molecule has 1 atom stereocenters. The largest absolute Gasteiger partial charge is 0.376 e. The van der Waals surface area contributed by atoms with E-state index in [2.05, 4.69) is 20.9 Å². The third-order valence-electron chi connectivity index (χ3n) is 3.45. The molecule has 0 aromatic rings. The van der Waals surface area contributed by atoms with Crippen LogP contribution in [-0.2, 0) is 9.53 Å². The molecule has 0 aromatic carbocycles. The van der Waals surface area contributed by atoms with Crippen LogP contribution in [0.3, 0.4) is 0 Å². The van der Waals surface area contributed by atoms with Gasteiger partial charge < -0.3 is 20.7 Å². The fourth-order valence-corrected chi connectivity index (χ4v) is 2.11. The van der Waals surface area contributed by atoms with E-state index in [1.807, 2.05) is 27.7 Å². The van der Waals surface area contributed by atoms with E-state index in [4.69, 9.17) is 4.74 Å². The van der Waals surface area contributed by atoms with Gasteiger partial charge in [-0.2, -0.15) is 0 Å². The van der Waals surface area contributed by atoms with Crippen molar-refractivity contribution in [2.24, 2.45) is 10.4 Å². The molecule has 0 bridgehead atoms. The second-order valence-corrected chi connectivity index (χ2v) is 5.95. The molecular weight excluding hydrogens is 268 g/mol. The highest BCUT2D eigenvalue weighted by molar-refractivity contribution is 5.83. The lowest BCUT2D eigenvalue weighted by molar-refractivity contribution is -0.128. The molecule has 0 radical (unpaired) electrons. The molecule has 1 unspecified atom stereocenters. The Kier molecular flexibility index (Phi) is 7.50. The number of hydrogen-bond donors (Lipinski definition) is 3. The third-order valence-corrected chi connectivity index (χ3v) is 3.45. The zero-order chi connectivity index (χ0) is 15.7. The van der Waals surface area contributed by atoms with Gasteiger partial charge in [0.25, 0.3) is 0 Å². The van der Waals surface area contributed by atoms with Gasteiger partial charge in [0, 0.05) is 26.2 Å². The van der Waals surface area contributed by atoms with E-state index in [9.17, 15) is 4.79 Å². The summed E-state index contributed by atoms with van der Waals surface area (Å²) in [6.07, 6.45) is 2.49. The number of amides is 1. The number of nitrogens with one attached hydrogen (secondary N) is 3. The van der Waals surface area contributed by atoms with Crippen molar-refractivity contribution < 1.29 is 9.53 Å². The summed E-state index contributed by atoms with van der Waals surface area (Å²) in [4.78, 5) is 16.5.